The highest BCUT2D eigenvalue weighted by molar-refractivity contribution is 5.33. The SMILES string of the molecule is N#Cc1cc(F)cc(CNCc2ncon2)c1. The Morgan fingerprint density at radius 2 is 2.24 bits per heavy atom. The lowest BCUT2D eigenvalue weighted by molar-refractivity contribution is 0.407. The lowest BCUT2D eigenvalue weighted by Crippen LogP contribution is -2.13. The third-order valence-electron chi connectivity index (χ3n) is 2.11. The van der Waals surface area contributed by atoms with Crippen molar-refractivity contribution < 1.29 is 8.91 Å². The van der Waals surface area contributed by atoms with Crippen molar-refractivity contribution in [3.05, 3.63) is 47.4 Å². The Kier molecular flexibility index (Phi) is 3.43. The Morgan fingerprint density at radius 3 is 2.94 bits per heavy atom. The van der Waals surface area contributed by atoms with E-state index >= 15 is 0 Å². The molecule has 0 aliphatic carbocycles. The summed E-state index contributed by atoms with van der Waals surface area (Å²) < 4.78 is 17.7. The first-order chi connectivity index (χ1) is 8.28. The van der Waals surface area contributed by atoms with E-state index in [1.54, 1.807) is 6.07 Å². The highest BCUT2D eigenvalue weighted by Gasteiger charge is 2.02. The topological polar surface area (TPSA) is 74.7 Å². The monoisotopic (exact) mass is 232 g/mol. The van der Waals surface area contributed by atoms with E-state index in [0.29, 0.717) is 30.0 Å². The van der Waals surface area contributed by atoms with Crippen LogP contribution in [0, 0.1) is 17.1 Å². The molecule has 2 aromatic rings. The number of aromatic nitrogens is 2. The summed E-state index contributed by atoms with van der Waals surface area (Å²) >= 11 is 0. The second-order valence-corrected chi connectivity index (χ2v) is 3.41. The van der Waals surface area contributed by atoms with Gasteiger partial charge < -0.3 is 9.84 Å². The van der Waals surface area contributed by atoms with E-state index in [0.717, 1.165) is 0 Å². The molecular weight excluding hydrogens is 223 g/mol. The standard InChI is InChI=1S/C11H9FN4O/c12-10-2-8(4-13)1-9(3-10)5-14-6-11-15-7-17-16-11/h1-3,7,14H,5-6H2. The Labute approximate surface area is 96.9 Å². The Morgan fingerprint density at radius 1 is 1.35 bits per heavy atom. The molecular formula is C11H9FN4O. The largest absolute Gasteiger partial charge is 0.343 e. The maximum Gasteiger partial charge on any atom is 0.213 e. The number of halogens is 1. The summed E-state index contributed by atoms with van der Waals surface area (Å²) in [5, 5.41) is 15.3. The van der Waals surface area contributed by atoms with Crippen LogP contribution in [0.2, 0.25) is 0 Å². The number of nitrogens with zero attached hydrogens (tertiary/aromatic N) is 3. The van der Waals surface area contributed by atoms with Crippen LogP contribution in [0.3, 0.4) is 0 Å². The van der Waals surface area contributed by atoms with Crippen molar-refractivity contribution in [1.82, 2.24) is 15.5 Å². The van der Waals surface area contributed by atoms with E-state index in [9.17, 15) is 4.39 Å². The minimum absolute atomic E-state index is 0.307. The van der Waals surface area contributed by atoms with Gasteiger partial charge in [-0.2, -0.15) is 10.2 Å². The summed E-state index contributed by atoms with van der Waals surface area (Å²) in [6, 6.07) is 6.11. The molecule has 0 aliphatic rings. The first-order valence-corrected chi connectivity index (χ1v) is 4.93. The van der Waals surface area contributed by atoms with Crippen molar-refractivity contribution in [1.29, 1.82) is 5.26 Å². The van der Waals surface area contributed by atoms with Gasteiger partial charge in [0.05, 0.1) is 18.2 Å². The molecule has 86 valence electrons. The fraction of sp³-hybridized carbons (Fsp3) is 0.182. The third-order valence-corrected chi connectivity index (χ3v) is 2.11. The molecule has 0 spiro atoms. The molecule has 0 fully saturated rings. The van der Waals surface area contributed by atoms with Gasteiger partial charge in [-0.1, -0.05) is 5.16 Å². The summed E-state index contributed by atoms with van der Waals surface area (Å²) in [6.45, 7) is 0.857. The van der Waals surface area contributed by atoms with Crippen LogP contribution in [0.25, 0.3) is 0 Å². The molecule has 1 N–H and O–H groups in total. The lowest BCUT2D eigenvalue weighted by atomic mass is 10.1. The molecule has 1 heterocycles. The van der Waals surface area contributed by atoms with Gasteiger partial charge in [0.25, 0.3) is 0 Å². The molecule has 0 aliphatic heterocycles. The van der Waals surface area contributed by atoms with E-state index in [4.69, 9.17) is 5.26 Å². The third kappa shape index (κ3) is 3.09. The summed E-state index contributed by atoms with van der Waals surface area (Å²) in [5.41, 5.74) is 1.01. The number of nitrogens with one attached hydrogen (secondary N) is 1. The van der Waals surface area contributed by atoms with Crippen molar-refractivity contribution in [2.45, 2.75) is 13.1 Å². The Balaban J connectivity index is 1.95. The number of rotatable bonds is 4. The average molecular weight is 232 g/mol. The maximum absolute atomic E-state index is 13.1. The molecule has 2 rings (SSSR count). The molecule has 0 radical (unpaired) electrons. The van der Waals surface area contributed by atoms with Crippen molar-refractivity contribution in [2.24, 2.45) is 0 Å². The summed E-state index contributed by atoms with van der Waals surface area (Å²) in [6.07, 6.45) is 1.24. The summed E-state index contributed by atoms with van der Waals surface area (Å²) in [4.78, 5) is 3.83. The second kappa shape index (κ2) is 5.18. The van der Waals surface area contributed by atoms with Crippen molar-refractivity contribution in [2.75, 3.05) is 0 Å². The van der Waals surface area contributed by atoms with Crippen LogP contribution in [-0.2, 0) is 13.1 Å². The van der Waals surface area contributed by atoms with E-state index in [1.807, 2.05) is 6.07 Å². The van der Waals surface area contributed by atoms with Gasteiger partial charge in [-0.05, 0) is 23.8 Å². The van der Waals surface area contributed by atoms with Crippen LogP contribution in [0.1, 0.15) is 17.0 Å². The summed E-state index contributed by atoms with van der Waals surface area (Å²) in [5.74, 6) is 0.113. The molecule has 1 aromatic heterocycles. The van der Waals surface area contributed by atoms with Gasteiger partial charge in [0.1, 0.15) is 5.82 Å². The van der Waals surface area contributed by atoms with Gasteiger partial charge >= 0.3 is 0 Å². The molecule has 5 nitrogen and oxygen atoms in total. The predicted octanol–water partition coefficient (Wildman–Crippen LogP) is 1.37. The van der Waals surface area contributed by atoms with Gasteiger partial charge in [0, 0.05) is 6.54 Å². The fourth-order valence-electron chi connectivity index (χ4n) is 1.41. The molecule has 1 aromatic carbocycles. The average Bonchev–Trinajstić information content (AvgIpc) is 2.81. The highest BCUT2D eigenvalue weighted by atomic mass is 19.1. The van der Waals surface area contributed by atoms with Crippen molar-refractivity contribution in [3.8, 4) is 6.07 Å². The molecule has 0 saturated carbocycles. The zero-order valence-corrected chi connectivity index (χ0v) is 8.85. The molecule has 0 unspecified atom stereocenters. The zero-order chi connectivity index (χ0) is 12.1. The quantitative estimate of drug-likeness (QED) is 0.861. The van der Waals surface area contributed by atoms with Crippen LogP contribution in [0.15, 0.2) is 29.1 Å². The van der Waals surface area contributed by atoms with E-state index in [1.165, 1.54) is 18.5 Å². The van der Waals surface area contributed by atoms with Crippen molar-refractivity contribution >= 4 is 0 Å². The van der Waals surface area contributed by atoms with E-state index < -0.39 is 5.82 Å². The smallest absolute Gasteiger partial charge is 0.213 e. The number of hydrogen-bond acceptors (Lipinski definition) is 5. The highest BCUT2D eigenvalue weighted by Crippen LogP contribution is 2.08. The van der Waals surface area contributed by atoms with Gasteiger partial charge in [-0.25, -0.2) is 4.39 Å². The van der Waals surface area contributed by atoms with Gasteiger partial charge in [0.2, 0.25) is 6.39 Å². The number of nitriles is 1. The normalized spacial score (nSPS) is 10.1. The molecule has 17 heavy (non-hydrogen) atoms. The Hall–Kier alpha value is -2.26. The lowest BCUT2D eigenvalue weighted by Gasteiger charge is -2.03. The maximum atomic E-state index is 13.1. The minimum atomic E-state index is -0.416. The predicted molar refractivity (Wildman–Crippen MR) is 56.0 cm³/mol. The van der Waals surface area contributed by atoms with Crippen LogP contribution in [0.4, 0.5) is 4.39 Å². The molecule has 0 amide bonds. The fourth-order valence-corrected chi connectivity index (χ4v) is 1.41. The van der Waals surface area contributed by atoms with E-state index in [2.05, 4.69) is 20.0 Å². The Bertz CT molecular complexity index is 533. The van der Waals surface area contributed by atoms with Crippen molar-refractivity contribution in [3.63, 3.8) is 0 Å². The molecule has 0 atom stereocenters. The number of benzene rings is 1. The minimum Gasteiger partial charge on any atom is -0.343 e. The van der Waals surface area contributed by atoms with Crippen LogP contribution >= 0.6 is 0 Å². The van der Waals surface area contributed by atoms with Crippen LogP contribution < -0.4 is 5.32 Å². The number of hydrogen-bond donors (Lipinski definition) is 1. The first-order valence-electron chi connectivity index (χ1n) is 4.93. The summed E-state index contributed by atoms with van der Waals surface area (Å²) in [7, 11) is 0. The molecule has 0 saturated heterocycles. The second-order valence-electron chi connectivity index (χ2n) is 3.41. The van der Waals surface area contributed by atoms with Crippen LogP contribution in [-0.4, -0.2) is 10.1 Å². The van der Waals surface area contributed by atoms with Crippen LogP contribution in [0.5, 0.6) is 0 Å². The van der Waals surface area contributed by atoms with Gasteiger partial charge in [0.15, 0.2) is 5.82 Å². The van der Waals surface area contributed by atoms with Gasteiger partial charge in [-0.15, -0.1) is 0 Å². The van der Waals surface area contributed by atoms with Gasteiger partial charge in [-0.3, -0.25) is 0 Å². The first kappa shape index (κ1) is 11.2. The van der Waals surface area contributed by atoms with E-state index in [-0.39, 0.29) is 0 Å². The zero-order valence-electron chi connectivity index (χ0n) is 8.85. The molecule has 0 bridgehead atoms. The molecule has 6 heteroatoms.